The van der Waals surface area contributed by atoms with E-state index >= 15 is 0 Å². The maximum absolute atomic E-state index is 3.32. The third kappa shape index (κ3) is 28.4. The predicted molar refractivity (Wildman–Crippen MR) is 907 cm³/mol. The van der Waals surface area contributed by atoms with Gasteiger partial charge in [0.25, 0.3) is 6.71 Å². The molecular weight excluding hydrogens is 5680 g/mol. The van der Waals surface area contributed by atoms with Crippen LogP contribution in [0.15, 0.2) is 140 Å². The van der Waals surface area contributed by atoms with Gasteiger partial charge in [-0.05, 0) is 259 Å². The average molecular weight is 5790 g/mol. The first-order valence-corrected chi connectivity index (χ1v) is 260. The topological polar surface area (TPSA) is 13.0 Å². The second-order valence-electron chi connectivity index (χ2n) is 36.9. The molecule has 4 atom stereocenters. The molecule has 0 spiro atoms. The van der Waals surface area contributed by atoms with Gasteiger partial charge in [-0.25, -0.2) is 0 Å². The molecule has 0 bridgehead atoms. The van der Waals surface area contributed by atoms with Gasteiger partial charge in [-0.1, -0.05) is 196 Å². The number of nitrogens with zero attached hydrogens (tertiary/aromatic N) is 4. The summed E-state index contributed by atoms with van der Waals surface area (Å²) < 4.78 is 0. The van der Waals surface area contributed by atoms with Gasteiger partial charge in [0.15, 0.2) is 0 Å². The fourth-order valence-corrected chi connectivity index (χ4v) is 6310. The maximum atomic E-state index is 3.32. The van der Waals surface area contributed by atoms with Crippen LogP contribution in [0.25, 0.3) is 0 Å². The molecule has 4 unspecified atom stereocenters. The monoisotopic (exact) mass is 5790 g/mol. The van der Waals surface area contributed by atoms with E-state index in [4.69, 9.17) is 0 Å². The molecule has 2 fully saturated rings. The van der Waals surface area contributed by atoms with Crippen molar-refractivity contribution in [3.63, 3.8) is 0 Å². The van der Waals surface area contributed by atoms with Crippen molar-refractivity contribution in [3.8, 4) is 0 Å². The van der Waals surface area contributed by atoms with Gasteiger partial charge in [0.1, 0.15) is 0 Å². The van der Waals surface area contributed by atoms with Gasteiger partial charge in [-0.3, -0.25) is 0 Å². The summed E-state index contributed by atoms with van der Waals surface area (Å²) in [5.74, 6) is 0. The first kappa shape index (κ1) is 127. The Morgan fingerprint density at radius 2 is 0.648 bits per heavy atom. The molecule has 14 rings (SSSR count). The van der Waals surface area contributed by atoms with Gasteiger partial charge < -0.3 is 19.6 Å². The van der Waals surface area contributed by atoms with E-state index in [0.29, 0.717) is 0 Å². The van der Waals surface area contributed by atoms with Crippen molar-refractivity contribution in [3.05, 3.63) is 206 Å². The zero-order chi connectivity index (χ0) is 94.1. The molecule has 4 heterocycles. The number of rotatable bonds is 21. The Hall–Kier alpha value is 19.3. The average Bonchev–Trinajstić information content (AvgIpc) is 1.50. The molecule has 6 aliphatic rings. The van der Waals surface area contributed by atoms with Gasteiger partial charge >= 0.3 is 488 Å². The van der Waals surface area contributed by atoms with E-state index in [9.17, 15) is 0 Å². The number of fused-ring (bicyclic) bond motifs is 10. The molecular formula is C87H109BI36N4. The van der Waals surface area contributed by atoms with Crippen LogP contribution in [-0.2, 0) is 32.5 Å². The molecule has 41 heteroatoms. The van der Waals surface area contributed by atoms with Crippen LogP contribution < -0.4 is 36.0 Å². The number of anilines is 10. The molecule has 0 aromatic heterocycles. The quantitative estimate of drug-likeness (QED) is 0.0525. The van der Waals surface area contributed by atoms with Gasteiger partial charge in [0, 0.05) is 67.7 Å². The van der Waals surface area contributed by atoms with Crippen LogP contribution >= 0.6 is 488 Å². The van der Waals surface area contributed by atoms with E-state index < -0.39 is 134 Å². The van der Waals surface area contributed by atoms with Crippen molar-refractivity contribution in [2.75, 3.05) is 19.6 Å². The fraction of sp³-hybridized carbons (Fsp3) is 0.448. The number of hydrogen-bond donors (Lipinski definition) is 0. The Labute approximate surface area is 1010 Å². The molecule has 4 aliphatic heterocycles. The third-order valence-corrected chi connectivity index (χ3v) is 2670. The summed E-state index contributed by atoms with van der Waals surface area (Å²) in [6, 6.07) is 54.8. The Morgan fingerprint density at radius 3 is 1.06 bits per heavy atom. The van der Waals surface area contributed by atoms with Gasteiger partial charge in [0.05, 0.1) is 11.1 Å². The van der Waals surface area contributed by atoms with Gasteiger partial charge in [-0.2, -0.15) is 0 Å². The zero-order valence-corrected chi connectivity index (χ0v) is 151. The number of hydrogen-bond acceptors (Lipinski definition) is 4. The second-order valence-corrected chi connectivity index (χ2v) is 865. The molecule has 128 heavy (non-hydrogen) atoms. The molecule has 732 valence electrons. The Morgan fingerprint density at radius 1 is 0.305 bits per heavy atom. The predicted octanol–water partition coefficient (Wildman–Crippen LogP) is 54.5. The van der Waals surface area contributed by atoms with Crippen molar-refractivity contribution < 1.29 is 0 Å². The van der Waals surface area contributed by atoms with E-state index in [0.717, 1.165) is 0 Å². The first-order valence-electron chi connectivity index (χ1n) is 39.8. The van der Waals surface area contributed by atoms with E-state index in [1.165, 1.54) is 175 Å². The van der Waals surface area contributed by atoms with E-state index in [1.807, 2.05) is 0 Å². The minimum absolute atomic E-state index is 0. The second kappa shape index (κ2) is 53.9. The van der Waals surface area contributed by atoms with Crippen LogP contribution in [-0.4, -0.2) is 17.8 Å². The summed E-state index contributed by atoms with van der Waals surface area (Å²) in [7, 11) is -8.33. The van der Waals surface area contributed by atoms with Crippen molar-refractivity contribution in [2.24, 2.45) is 0 Å². The van der Waals surface area contributed by atoms with Crippen LogP contribution in [0.1, 0.15) is 236 Å². The van der Waals surface area contributed by atoms with Crippen LogP contribution in [0.3, 0.4) is 0 Å². The van der Waals surface area contributed by atoms with Crippen LogP contribution in [0, 0.1) is 41.5 Å². The molecule has 0 amide bonds. The summed E-state index contributed by atoms with van der Waals surface area (Å²) in [6.45, 7) is 52.1. The summed E-state index contributed by atoms with van der Waals surface area (Å²) in [5.41, 5.74) is 35.3. The molecule has 8 aromatic carbocycles. The normalized spacial score (nSPS) is 21.0. The standard InChI is InChI=1S/C43H51BN2.C43H54N2.CH4.I36/c1-26-22-34-38-35(23-26)46-39-36(42(10)20-12-13-21-43(42,46)11)27(2)24-28(3)37(39)44(38)32-25-30(41(7,8)9)16-19-33(32)45(34)31-17-14-29(15-18-31)40(4,5)6;1-29-24-31(3)39-38(27-29)45(43(11)23-13-12-22-42(39,43)10)37-26-30(2)25-36(28-37)44(34-18-14-32(15-19-34)40(4,5)6)35-20-16-33(17-21-35)41(7,8)9;;1-20(2)22(5)24(7)26(9)28(11)30(13)32(15)34(17)36(19)35(18)33(16)31(14)29(12)27(10)25(8)23(6)21(3)4/h14-19,22-25H,12-13,20-21H2,1-11H3;14-21,24-28H,12-13,22-23H2,1-11H3;1H4;. The van der Waals surface area contributed by atoms with Crippen molar-refractivity contribution in [1.29, 1.82) is 0 Å². The first-order chi connectivity index (χ1) is 58.9. The fourth-order valence-electron chi connectivity index (χ4n) is 18.9. The van der Waals surface area contributed by atoms with Gasteiger partial charge in [-0.15, -0.1) is 0 Å². The Kier molecular flexibility index (Phi) is 53.7. The van der Waals surface area contributed by atoms with Crippen LogP contribution in [0.2, 0.25) is 0 Å². The van der Waals surface area contributed by atoms with E-state index in [-0.39, 0.29) is 57.7 Å². The number of halogens is 36. The number of benzene rings is 8. The minimum atomic E-state index is -0.522. The zero-order valence-electron chi connectivity index (χ0n) is 73.4. The van der Waals surface area contributed by atoms with E-state index in [2.05, 4.69) is 665 Å². The molecule has 4 nitrogen and oxygen atoms in total. The van der Waals surface area contributed by atoms with E-state index in [1.54, 1.807) is 16.6 Å². The summed E-state index contributed by atoms with van der Waals surface area (Å²) >= 11 is 60.6. The van der Waals surface area contributed by atoms with Crippen molar-refractivity contribution >= 4 is 568 Å². The Balaban J connectivity index is 0.000000187. The molecule has 2 saturated carbocycles. The summed E-state index contributed by atoms with van der Waals surface area (Å²) in [6.07, 6.45) is 10.1. The summed E-state index contributed by atoms with van der Waals surface area (Å²) in [4.78, 5) is 10.7. The Bertz CT molecular complexity index is 5180. The molecule has 8 aromatic rings. The van der Waals surface area contributed by atoms with Crippen molar-refractivity contribution in [2.45, 2.75) is 255 Å². The van der Waals surface area contributed by atoms with Crippen LogP contribution in [0.5, 0.6) is 0 Å². The third-order valence-electron chi connectivity index (χ3n) is 24.9. The molecule has 0 saturated heterocycles. The molecule has 0 radical (unpaired) electrons. The number of aryl methyl sites for hydroxylation is 6. The summed E-state index contributed by atoms with van der Waals surface area (Å²) in [5, 5.41) is 0. The SMILES string of the molecule is C.Cc1cc(N(c2ccc(C(C)(C)C)cc2)c2ccc(C(C)(C)C)cc2)cc(N2c3cc(C)cc(C)c3C3(C)CCCCC23C)c1.Cc1cc2c3c(c1)N1c4c(c(C)cc(C)c4C4(C)CCCCC14C)B3c1cc(C(C)(C)C)ccc1N2c1ccc(C(C)(C)C)cc1.II(I)I(I)I(I)I(I)I(I)I(I)I(I)I(I)I(I)I(I)I(I)I(I)I(I)I(I)I(I)I(I)I(I)I. The van der Waals surface area contributed by atoms with Gasteiger partial charge in [0.2, 0.25) is 0 Å². The van der Waals surface area contributed by atoms with Crippen LogP contribution in [0.4, 0.5) is 56.9 Å². The molecule has 2 aliphatic carbocycles. The molecule has 0 N–H and O–H groups in total. The van der Waals surface area contributed by atoms with Crippen molar-refractivity contribution in [1.82, 2.24) is 0 Å².